The lowest BCUT2D eigenvalue weighted by molar-refractivity contribution is -0.384. The van der Waals surface area contributed by atoms with Crippen molar-refractivity contribution >= 4 is 57.6 Å². The number of nitro groups is 1. The first kappa shape index (κ1) is 25.1. The van der Waals surface area contributed by atoms with Crippen LogP contribution in [0, 0.1) is 10.1 Å². The third-order valence-corrected chi connectivity index (χ3v) is 6.58. The van der Waals surface area contributed by atoms with Crippen LogP contribution in [0.4, 0.5) is 11.4 Å². The zero-order chi connectivity index (χ0) is 25.5. The van der Waals surface area contributed by atoms with E-state index in [9.17, 15) is 19.7 Å². The van der Waals surface area contributed by atoms with Crippen molar-refractivity contribution in [1.82, 2.24) is 4.90 Å². The molecule has 3 aromatic rings. The highest BCUT2D eigenvalue weighted by molar-refractivity contribution is 8.26. The molecule has 0 saturated carbocycles. The van der Waals surface area contributed by atoms with Crippen LogP contribution in [0.5, 0.6) is 5.75 Å². The molecule has 0 unspecified atom stereocenters. The molecule has 4 rings (SSSR count). The lowest BCUT2D eigenvalue weighted by Gasteiger charge is -2.14. The molecule has 1 heterocycles. The molecule has 0 spiro atoms. The summed E-state index contributed by atoms with van der Waals surface area (Å²) in [5.74, 6) is 0.0971. The summed E-state index contributed by atoms with van der Waals surface area (Å²) in [6.45, 7) is 0.565. The summed E-state index contributed by atoms with van der Waals surface area (Å²) in [6, 6.07) is 22.8. The molecule has 36 heavy (non-hydrogen) atoms. The van der Waals surface area contributed by atoms with Gasteiger partial charge in [0.2, 0.25) is 5.91 Å². The monoisotopic (exact) mass is 519 g/mol. The molecule has 0 aromatic heterocycles. The van der Waals surface area contributed by atoms with Crippen LogP contribution >= 0.6 is 24.0 Å². The Morgan fingerprint density at radius 1 is 1.08 bits per heavy atom. The minimum absolute atomic E-state index is 0.0273. The highest BCUT2D eigenvalue weighted by Gasteiger charge is 2.32. The Balaban J connectivity index is 1.33. The van der Waals surface area contributed by atoms with Crippen molar-refractivity contribution in [3.8, 4) is 5.75 Å². The van der Waals surface area contributed by atoms with Crippen molar-refractivity contribution in [2.45, 2.75) is 13.0 Å². The molecule has 1 aliphatic heterocycles. The van der Waals surface area contributed by atoms with E-state index in [1.54, 1.807) is 6.08 Å². The summed E-state index contributed by atoms with van der Waals surface area (Å²) in [6.07, 6.45) is 1.78. The number of hydrogen-bond acceptors (Lipinski definition) is 7. The lowest BCUT2D eigenvalue weighted by atomic mass is 10.2. The van der Waals surface area contributed by atoms with E-state index in [-0.39, 0.29) is 30.5 Å². The van der Waals surface area contributed by atoms with E-state index >= 15 is 0 Å². The average molecular weight is 520 g/mol. The first-order valence-electron chi connectivity index (χ1n) is 11.0. The molecule has 0 atom stereocenters. The van der Waals surface area contributed by atoms with Gasteiger partial charge in [0.05, 0.1) is 9.83 Å². The molecule has 8 nitrogen and oxygen atoms in total. The van der Waals surface area contributed by atoms with Gasteiger partial charge in [-0.05, 0) is 41.5 Å². The Kier molecular flexibility index (Phi) is 8.09. The minimum Gasteiger partial charge on any atom is -0.489 e. The Bertz CT molecular complexity index is 1330. The number of nitrogens with zero attached hydrogens (tertiary/aromatic N) is 2. The predicted molar refractivity (Wildman–Crippen MR) is 143 cm³/mol. The molecular formula is C26H21N3O5S2. The highest BCUT2D eigenvalue weighted by atomic mass is 32.2. The third-order valence-electron chi connectivity index (χ3n) is 5.20. The maximum Gasteiger partial charge on any atom is 0.269 e. The quantitative estimate of drug-likeness (QED) is 0.175. The summed E-state index contributed by atoms with van der Waals surface area (Å²) >= 11 is 6.54. The van der Waals surface area contributed by atoms with E-state index in [4.69, 9.17) is 17.0 Å². The number of benzene rings is 3. The van der Waals surface area contributed by atoms with Crippen molar-refractivity contribution in [2.24, 2.45) is 0 Å². The van der Waals surface area contributed by atoms with E-state index < -0.39 is 4.92 Å². The second-order valence-corrected chi connectivity index (χ2v) is 9.46. The Morgan fingerprint density at radius 3 is 2.56 bits per heavy atom. The number of carbonyl (C=O) groups excluding carboxylic acids is 2. The number of amides is 2. The Labute approximate surface area is 217 Å². The Morgan fingerprint density at radius 2 is 1.83 bits per heavy atom. The molecular weight excluding hydrogens is 498 g/mol. The molecule has 0 bridgehead atoms. The van der Waals surface area contributed by atoms with E-state index in [1.807, 2.05) is 54.6 Å². The number of rotatable bonds is 9. The number of thioether (sulfide) groups is 1. The largest absolute Gasteiger partial charge is 0.489 e. The topological polar surface area (TPSA) is 102 Å². The molecule has 0 aliphatic carbocycles. The van der Waals surface area contributed by atoms with Gasteiger partial charge in [-0.3, -0.25) is 24.6 Å². The van der Waals surface area contributed by atoms with Crippen molar-refractivity contribution in [3.63, 3.8) is 0 Å². The SMILES string of the molecule is O=C(CCN1C(=O)/C(=C/c2cccc(OCc3ccccc3)c2)SC1=S)Nc1ccc([N+](=O)[O-])cc1. The first-order valence-corrected chi connectivity index (χ1v) is 12.2. The molecule has 2 amide bonds. The van der Waals surface area contributed by atoms with Crippen LogP contribution in [0.2, 0.25) is 0 Å². The van der Waals surface area contributed by atoms with Gasteiger partial charge in [0.15, 0.2) is 0 Å². The van der Waals surface area contributed by atoms with Crippen molar-refractivity contribution < 1.29 is 19.2 Å². The standard InChI is InChI=1S/C26H21N3O5S2/c30-24(27-20-9-11-21(12-10-20)29(32)33)13-14-28-25(31)23(36-26(28)35)16-19-7-4-8-22(15-19)34-17-18-5-2-1-3-6-18/h1-12,15-16H,13-14,17H2,(H,27,30)/b23-16-. The molecule has 182 valence electrons. The van der Waals surface area contributed by atoms with Gasteiger partial charge in [0.25, 0.3) is 11.6 Å². The van der Waals surface area contributed by atoms with Crippen LogP contribution in [0.3, 0.4) is 0 Å². The number of nitro benzene ring substituents is 1. The van der Waals surface area contributed by atoms with Gasteiger partial charge < -0.3 is 10.1 Å². The summed E-state index contributed by atoms with van der Waals surface area (Å²) in [5.41, 5.74) is 2.23. The number of nitrogens with one attached hydrogen (secondary N) is 1. The summed E-state index contributed by atoms with van der Waals surface area (Å²) < 4.78 is 6.24. The van der Waals surface area contributed by atoms with Crippen molar-refractivity contribution in [3.05, 3.63) is 105 Å². The van der Waals surface area contributed by atoms with Crippen LogP contribution in [0.15, 0.2) is 83.8 Å². The zero-order valence-corrected chi connectivity index (χ0v) is 20.6. The molecule has 1 fully saturated rings. The number of carbonyl (C=O) groups is 2. The van der Waals surface area contributed by atoms with Crippen molar-refractivity contribution in [1.29, 1.82) is 0 Å². The fourth-order valence-electron chi connectivity index (χ4n) is 3.38. The predicted octanol–water partition coefficient (Wildman–Crippen LogP) is 5.40. The third kappa shape index (κ3) is 6.55. The van der Waals surface area contributed by atoms with Crippen LogP contribution in [0.25, 0.3) is 6.08 Å². The summed E-state index contributed by atoms with van der Waals surface area (Å²) in [7, 11) is 0. The van der Waals surface area contributed by atoms with Gasteiger partial charge in [-0.25, -0.2) is 0 Å². The molecule has 3 aromatic carbocycles. The number of thiocarbonyl (C=S) groups is 1. The number of anilines is 1. The maximum absolute atomic E-state index is 12.9. The van der Waals surface area contributed by atoms with Crippen LogP contribution in [0.1, 0.15) is 17.5 Å². The van der Waals surface area contributed by atoms with Gasteiger partial charge in [-0.2, -0.15) is 0 Å². The van der Waals surface area contributed by atoms with E-state index in [0.29, 0.717) is 27.3 Å². The van der Waals surface area contributed by atoms with Crippen LogP contribution in [-0.2, 0) is 16.2 Å². The van der Waals surface area contributed by atoms with E-state index in [1.165, 1.54) is 40.9 Å². The Hall–Kier alpha value is -4.02. The molecule has 0 radical (unpaired) electrons. The maximum atomic E-state index is 12.9. The van der Waals surface area contributed by atoms with Gasteiger partial charge in [-0.15, -0.1) is 0 Å². The van der Waals surface area contributed by atoms with Gasteiger partial charge in [-0.1, -0.05) is 66.4 Å². The van der Waals surface area contributed by atoms with Gasteiger partial charge in [0.1, 0.15) is 16.7 Å². The fourth-order valence-corrected chi connectivity index (χ4v) is 4.69. The molecule has 1 aliphatic rings. The lowest BCUT2D eigenvalue weighted by Crippen LogP contribution is -2.31. The van der Waals surface area contributed by atoms with Crippen LogP contribution in [-0.4, -0.2) is 32.5 Å². The first-order chi connectivity index (χ1) is 17.4. The van der Waals surface area contributed by atoms with Crippen molar-refractivity contribution in [2.75, 3.05) is 11.9 Å². The van der Waals surface area contributed by atoms with Gasteiger partial charge >= 0.3 is 0 Å². The molecule has 1 saturated heterocycles. The molecule has 10 heteroatoms. The summed E-state index contributed by atoms with van der Waals surface area (Å²) in [5, 5.41) is 13.4. The summed E-state index contributed by atoms with van der Waals surface area (Å²) in [4.78, 5) is 37.3. The second kappa shape index (κ2) is 11.6. The average Bonchev–Trinajstić information content (AvgIpc) is 3.14. The minimum atomic E-state index is -0.512. The second-order valence-electron chi connectivity index (χ2n) is 7.78. The number of non-ortho nitro benzene ring substituents is 1. The van der Waals surface area contributed by atoms with Crippen LogP contribution < -0.4 is 10.1 Å². The fraction of sp³-hybridized carbons (Fsp3) is 0.115. The zero-order valence-electron chi connectivity index (χ0n) is 19.0. The smallest absolute Gasteiger partial charge is 0.269 e. The molecule has 1 N–H and O–H groups in total. The van der Waals surface area contributed by atoms with E-state index in [0.717, 1.165) is 11.1 Å². The van der Waals surface area contributed by atoms with E-state index in [2.05, 4.69) is 5.32 Å². The number of ether oxygens (including phenoxy) is 1. The van der Waals surface area contributed by atoms with Gasteiger partial charge in [0, 0.05) is 30.8 Å². The highest BCUT2D eigenvalue weighted by Crippen LogP contribution is 2.33. The number of hydrogen-bond donors (Lipinski definition) is 1. The normalized spacial score (nSPS) is 14.2.